The second-order valence-corrected chi connectivity index (χ2v) is 5.69. The number of carbonyl (C=O) groups is 1. The Morgan fingerprint density at radius 3 is 2.84 bits per heavy atom. The van der Waals surface area contributed by atoms with Crippen molar-refractivity contribution in [2.45, 2.75) is 27.3 Å². The van der Waals surface area contributed by atoms with Crippen LogP contribution in [0.1, 0.15) is 19.5 Å². The van der Waals surface area contributed by atoms with Crippen molar-refractivity contribution < 1.29 is 4.79 Å². The summed E-state index contributed by atoms with van der Waals surface area (Å²) < 4.78 is 2.47. The first-order valence-corrected chi connectivity index (χ1v) is 6.54. The van der Waals surface area contributed by atoms with E-state index in [0.29, 0.717) is 11.3 Å². The molecule has 0 spiro atoms. The van der Waals surface area contributed by atoms with Crippen molar-refractivity contribution in [3.8, 4) is 0 Å². The lowest BCUT2D eigenvalue weighted by Crippen LogP contribution is -2.37. The van der Waals surface area contributed by atoms with Crippen LogP contribution in [-0.4, -0.2) is 27.5 Å². The molecule has 0 atom stereocenters. The van der Waals surface area contributed by atoms with Gasteiger partial charge in [-0.15, -0.1) is 0 Å². The highest BCUT2D eigenvalue weighted by Crippen LogP contribution is 2.22. The van der Waals surface area contributed by atoms with Crippen molar-refractivity contribution in [2.24, 2.45) is 5.41 Å². The van der Waals surface area contributed by atoms with Gasteiger partial charge in [-0.25, -0.2) is 4.98 Å². The van der Waals surface area contributed by atoms with E-state index in [1.165, 1.54) is 0 Å². The topological polar surface area (TPSA) is 62.7 Å². The van der Waals surface area contributed by atoms with E-state index >= 15 is 0 Å². The normalized spacial score (nSPS) is 11.8. The molecule has 2 N–H and O–H groups in total. The average Bonchev–Trinajstić information content (AvgIpc) is 2.64. The molecule has 0 aliphatic heterocycles. The van der Waals surface area contributed by atoms with Crippen LogP contribution in [0.2, 0.25) is 0 Å². The SMILES string of the molecule is CNC(=O)C(C)(C)Cn1c(=S)[nH]c2ccc(C)nc21. The maximum Gasteiger partial charge on any atom is 0.227 e. The second-order valence-electron chi connectivity index (χ2n) is 5.30. The Bertz CT molecular complexity index is 683. The van der Waals surface area contributed by atoms with Gasteiger partial charge in [0.1, 0.15) is 0 Å². The molecule has 0 aromatic carbocycles. The van der Waals surface area contributed by atoms with Gasteiger partial charge in [-0.1, -0.05) is 0 Å². The largest absolute Gasteiger partial charge is 0.359 e. The van der Waals surface area contributed by atoms with Gasteiger partial charge in [0.05, 0.1) is 10.9 Å². The number of hydrogen-bond donors (Lipinski definition) is 2. The molecule has 0 unspecified atom stereocenters. The van der Waals surface area contributed by atoms with Gasteiger partial charge in [0.25, 0.3) is 0 Å². The third-order valence-electron chi connectivity index (χ3n) is 3.15. The fourth-order valence-corrected chi connectivity index (χ4v) is 2.34. The van der Waals surface area contributed by atoms with Gasteiger partial charge in [0, 0.05) is 19.3 Å². The summed E-state index contributed by atoms with van der Waals surface area (Å²) in [6, 6.07) is 3.89. The molecule has 0 bridgehead atoms. The number of carbonyl (C=O) groups excluding carboxylic acids is 1. The maximum absolute atomic E-state index is 11.9. The molecular weight excluding hydrogens is 260 g/mol. The minimum absolute atomic E-state index is 0.0172. The fourth-order valence-electron chi connectivity index (χ4n) is 2.08. The minimum Gasteiger partial charge on any atom is -0.359 e. The number of aromatic nitrogens is 3. The summed E-state index contributed by atoms with van der Waals surface area (Å²) in [4.78, 5) is 19.5. The van der Waals surface area contributed by atoms with Crippen LogP contribution < -0.4 is 5.32 Å². The summed E-state index contributed by atoms with van der Waals surface area (Å²) in [5.74, 6) is -0.0172. The van der Waals surface area contributed by atoms with E-state index in [-0.39, 0.29) is 5.91 Å². The van der Waals surface area contributed by atoms with E-state index in [2.05, 4.69) is 15.3 Å². The molecule has 0 aliphatic carbocycles. The molecule has 2 rings (SSSR count). The lowest BCUT2D eigenvalue weighted by atomic mass is 9.92. The first-order valence-electron chi connectivity index (χ1n) is 6.13. The lowest BCUT2D eigenvalue weighted by molar-refractivity contribution is -0.129. The molecule has 102 valence electrons. The number of nitrogens with one attached hydrogen (secondary N) is 2. The Morgan fingerprint density at radius 1 is 1.53 bits per heavy atom. The number of rotatable bonds is 3. The van der Waals surface area contributed by atoms with Crippen LogP contribution in [0, 0.1) is 17.1 Å². The van der Waals surface area contributed by atoms with Crippen LogP contribution in [0.3, 0.4) is 0 Å². The van der Waals surface area contributed by atoms with Crippen molar-refractivity contribution >= 4 is 29.3 Å². The van der Waals surface area contributed by atoms with Crippen LogP contribution in [0.15, 0.2) is 12.1 Å². The van der Waals surface area contributed by atoms with E-state index in [0.717, 1.165) is 16.9 Å². The zero-order valence-electron chi connectivity index (χ0n) is 11.6. The highest BCUT2D eigenvalue weighted by atomic mass is 32.1. The van der Waals surface area contributed by atoms with Crippen LogP contribution in [-0.2, 0) is 11.3 Å². The number of nitrogens with zero attached hydrogens (tertiary/aromatic N) is 2. The zero-order chi connectivity index (χ0) is 14.2. The van der Waals surface area contributed by atoms with E-state index < -0.39 is 5.41 Å². The van der Waals surface area contributed by atoms with Gasteiger partial charge in [0.2, 0.25) is 5.91 Å². The predicted molar refractivity (Wildman–Crippen MR) is 77.5 cm³/mol. The van der Waals surface area contributed by atoms with Gasteiger partial charge in [-0.3, -0.25) is 4.79 Å². The second kappa shape index (κ2) is 4.77. The number of hydrogen-bond acceptors (Lipinski definition) is 3. The fraction of sp³-hybridized carbons (Fsp3) is 0.462. The van der Waals surface area contributed by atoms with Crippen LogP contribution in [0.4, 0.5) is 0 Å². The van der Waals surface area contributed by atoms with E-state index in [1.807, 2.05) is 37.5 Å². The first kappa shape index (κ1) is 13.7. The summed E-state index contributed by atoms with van der Waals surface area (Å²) in [5.41, 5.74) is 2.06. The molecule has 0 saturated carbocycles. The lowest BCUT2D eigenvalue weighted by Gasteiger charge is -2.23. The molecule has 0 saturated heterocycles. The van der Waals surface area contributed by atoms with Crippen molar-refractivity contribution in [3.05, 3.63) is 22.6 Å². The van der Waals surface area contributed by atoms with Crippen molar-refractivity contribution in [2.75, 3.05) is 7.05 Å². The molecule has 1 amide bonds. The standard InChI is InChI=1S/C13H18N4OS/c1-8-5-6-9-10(15-8)17(12(19)16-9)7-13(2,3)11(18)14-4/h5-6H,7H2,1-4H3,(H,14,18)(H,16,19). The van der Waals surface area contributed by atoms with Crippen LogP contribution in [0.25, 0.3) is 11.2 Å². The van der Waals surface area contributed by atoms with E-state index in [9.17, 15) is 4.79 Å². The van der Waals surface area contributed by atoms with Crippen LogP contribution in [0.5, 0.6) is 0 Å². The van der Waals surface area contributed by atoms with Gasteiger partial charge in [-0.05, 0) is 45.1 Å². The number of imidazole rings is 1. The Labute approximate surface area is 117 Å². The molecule has 5 nitrogen and oxygen atoms in total. The van der Waals surface area contributed by atoms with Crippen LogP contribution >= 0.6 is 12.2 Å². The molecule has 2 aromatic heterocycles. The number of aromatic amines is 1. The first-order chi connectivity index (χ1) is 8.85. The minimum atomic E-state index is -0.548. The Kier molecular flexibility index (Phi) is 3.45. The maximum atomic E-state index is 11.9. The number of pyridine rings is 1. The molecule has 0 fully saturated rings. The van der Waals surface area contributed by atoms with Gasteiger partial charge in [0.15, 0.2) is 10.4 Å². The molecule has 6 heteroatoms. The number of amides is 1. The number of fused-ring (bicyclic) bond motifs is 1. The highest BCUT2D eigenvalue weighted by molar-refractivity contribution is 7.71. The monoisotopic (exact) mass is 278 g/mol. The summed E-state index contributed by atoms with van der Waals surface area (Å²) in [7, 11) is 1.64. The molecular formula is C13H18N4OS. The van der Waals surface area contributed by atoms with Crippen molar-refractivity contribution in [1.82, 2.24) is 19.9 Å². The van der Waals surface area contributed by atoms with Crippen molar-refractivity contribution in [1.29, 1.82) is 0 Å². The zero-order valence-corrected chi connectivity index (χ0v) is 12.4. The molecule has 19 heavy (non-hydrogen) atoms. The summed E-state index contributed by atoms with van der Waals surface area (Å²) in [6.45, 7) is 6.20. The average molecular weight is 278 g/mol. The van der Waals surface area contributed by atoms with Gasteiger partial charge in [-0.2, -0.15) is 0 Å². The van der Waals surface area contributed by atoms with Crippen molar-refractivity contribution in [3.63, 3.8) is 0 Å². The van der Waals surface area contributed by atoms with E-state index in [1.54, 1.807) is 7.05 Å². The Morgan fingerprint density at radius 2 is 2.21 bits per heavy atom. The van der Waals surface area contributed by atoms with Gasteiger partial charge >= 0.3 is 0 Å². The summed E-state index contributed by atoms with van der Waals surface area (Å²) in [6.07, 6.45) is 0. The van der Waals surface area contributed by atoms with Gasteiger partial charge < -0.3 is 14.9 Å². The quantitative estimate of drug-likeness (QED) is 0.846. The number of aryl methyl sites for hydroxylation is 1. The predicted octanol–water partition coefficient (Wildman–Crippen LogP) is 2.17. The number of H-pyrrole nitrogens is 1. The smallest absolute Gasteiger partial charge is 0.227 e. The third-order valence-corrected chi connectivity index (χ3v) is 3.47. The third kappa shape index (κ3) is 2.53. The van der Waals surface area contributed by atoms with E-state index in [4.69, 9.17) is 12.2 Å². The molecule has 2 heterocycles. The highest BCUT2D eigenvalue weighted by Gasteiger charge is 2.28. The molecule has 2 aromatic rings. The Balaban J connectivity index is 2.51. The molecule has 0 aliphatic rings. The Hall–Kier alpha value is -1.69. The summed E-state index contributed by atoms with van der Waals surface area (Å²) in [5, 5.41) is 2.68. The molecule has 0 radical (unpaired) electrons. The summed E-state index contributed by atoms with van der Waals surface area (Å²) >= 11 is 5.32.